The van der Waals surface area contributed by atoms with Gasteiger partial charge in [-0.05, 0) is 70.3 Å². The van der Waals surface area contributed by atoms with E-state index < -0.39 is 0 Å². The van der Waals surface area contributed by atoms with Crippen LogP contribution < -0.4 is 0 Å². The molecule has 0 N–H and O–H groups in total. The van der Waals surface area contributed by atoms with Gasteiger partial charge in [-0.1, -0.05) is 166 Å². The van der Waals surface area contributed by atoms with Crippen molar-refractivity contribution in [3.8, 4) is 62.1 Å². The van der Waals surface area contributed by atoms with Gasteiger partial charge in [-0.25, -0.2) is 4.98 Å². The van der Waals surface area contributed by atoms with Gasteiger partial charge < -0.3 is 4.42 Å². The Hall–Kier alpha value is -7.63. The van der Waals surface area contributed by atoms with Crippen LogP contribution in [0.1, 0.15) is 13.8 Å². The third-order valence-electron chi connectivity index (χ3n) is 10.7. The zero-order chi connectivity index (χ0) is 39.0. The summed E-state index contributed by atoms with van der Waals surface area (Å²) in [6, 6.07) is 67.6. The number of furan rings is 1. The van der Waals surface area contributed by atoms with E-state index in [-0.39, 0.29) is 0 Å². The Morgan fingerprint density at radius 1 is 0.362 bits per heavy atom. The molecule has 8 aromatic carbocycles. The third-order valence-corrected chi connectivity index (χ3v) is 10.7. The van der Waals surface area contributed by atoms with Crippen molar-refractivity contribution in [2.75, 3.05) is 0 Å². The molecule has 3 heterocycles. The maximum absolute atomic E-state index is 6.19. The average Bonchev–Trinajstić information content (AvgIpc) is 3.85. The van der Waals surface area contributed by atoms with E-state index in [4.69, 9.17) is 19.4 Å². The zero-order valence-corrected chi connectivity index (χ0v) is 32.2. The van der Waals surface area contributed by atoms with Gasteiger partial charge in [0.25, 0.3) is 0 Å². The van der Waals surface area contributed by atoms with Crippen LogP contribution in [0.15, 0.2) is 199 Å². The molecule has 0 aliphatic heterocycles. The Bertz CT molecular complexity index is 3170. The lowest BCUT2D eigenvalue weighted by molar-refractivity contribution is 0.669. The van der Waals surface area contributed by atoms with Gasteiger partial charge in [-0.2, -0.15) is 9.97 Å². The Kier molecular flexibility index (Phi) is 8.88. The summed E-state index contributed by atoms with van der Waals surface area (Å²) in [7, 11) is 0. The summed E-state index contributed by atoms with van der Waals surface area (Å²) in [6.07, 6.45) is 0. The average molecular weight is 747 g/mol. The molecule has 0 atom stereocenters. The summed E-state index contributed by atoms with van der Waals surface area (Å²) in [5.74, 6) is 1.79. The summed E-state index contributed by atoms with van der Waals surface area (Å²) in [6.45, 7) is 4.00. The van der Waals surface area contributed by atoms with Crippen molar-refractivity contribution in [1.29, 1.82) is 0 Å². The van der Waals surface area contributed by atoms with E-state index in [1.807, 2.05) is 86.6 Å². The Balaban J connectivity index is 0.00000201. The van der Waals surface area contributed by atoms with E-state index in [1.54, 1.807) is 0 Å². The van der Waals surface area contributed by atoms with E-state index in [0.717, 1.165) is 88.3 Å². The molecule has 0 aliphatic carbocycles. The molecular weight excluding hydrogens is 709 g/mol. The van der Waals surface area contributed by atoms with E-state index in [9.17, 15) is 0 Å². The minimum atomic E-state index is 0.557. The van der Waals surface area contributed by atoms with E-state index in [0.29, 0.717) is 17.6 Å². The minimum Gasteiger partial charge on any atom is -0.456 e. The van der Waals surface area contributed by atoms with Gasteiger partial charge in [0, 0.05) is 38.2 Å². The van der Waals surface area contributed by atoms with Crippen LogP contribution in [0.3, 0.4) is 0 Å². The maximum Gasteiger partial charge on any atom is 0.238 e. The number of fused-ring (bicyclic) bond motifs is 6. The first-order chi connectivity index (χ1) is 28.7. The van der Waals surface area contributed by atoms with Crippen molar-refractivity contribution < 1.29 is 4.42 Å². The van der Waals surface area contributed by atoms with Crippen LogP contribution in [-0.2, 0) is 0 Å². The van der Waals surface area contributed by atoms with Gasteiger partial charge in [0.05, 0.1) is 11.0 Å². The summed E-state index contributed by atoms with van der Waals surface area (Å²) in [5, 5.41) is 4.43. The molecule has 0 amide bonds. The molecule has 11 rings (SSSR count). The summed E-state index contributed by atoms with van der Waals surface area (Å²) in [5.41, 5.74) is 12.4. The van der Waals surface area contributed by atoms with Crippen LogP contribution in [-0.4, -0.2) is 19.5 Å². The number of aromatic nitrogens is 4. The van der Waals surface area contributed by atoms with Crippen molar-refractivity contribution in [2.24, 2.45) is 0 Å². The van der Waals surface area contributed by atoms with Gasteiger partial charge in [-0.15, -0.1) is 0 Å². The number of nitrogens with zero attached hydrogens (tertiary/aromatic N) is 4. The van der Waals surface area contributed by atoms with Crippen LogP contribution in [0.5, 0.6) is 0 Å². The quantitative estimate of drug-likeness (QED) is 0.170. The van der Waals surface area contributed by atoms with Gasteiger partial charge in [-0.3, -0.25) is 4.57 Å². The number of rotatable bonds is 6. The fourth-order valence-corrected chi connectivity index (χ4v) is 7.97. The lowest BCUT2D eigenvalue weighted by Crippen LogP contribution is -2.07. The first kappa shape index (κ1) is 34.8. The standard InChI is InChI=1S/C51H32N4O.C2H6/c1-5-15-33(16-6-1)39-31-41(34-17-7-2-8-18-34)48-44(32-39)42-29-37(38-26-28-47-43(30-38)40-23-13-14-24-46(40)56-47)25-27-45(42)55(48)51-53-49(35-19-9-3-10-20-35)52-50(54-51)36-21-11-4-12-22-36;1-2/h1-32H;1-2H3. The van der Waals surface area contributed by atoms with Gasteiger partial charge in [0.2, 0.25) is 5.95 Å². The van der Waals surface area contributed by atoms with Crippen LogP contribution in [0.4, 0.5) is 0 Å². The summed E-state index contributed by atoms with van der Waals surface area (Å²) >= 11 is 0. The Labute approximate surface area is 336 Å². The van der Waals surface area contributed by atoms with Crippen LogP contribution >= 0.6 is 0 Å². The molecule has 0 aliphatic rings. The first-order valence-electron chi connectivity index (χ1n) is 19.8. The minimum absolute atomic E-state index is 0.557. The SMILES string of the molecule is CC.c1ccc(-c2cc(-c3ccccc3)c3c(c2)c2cc(-c4ccc5oc6ccccc6c5c4)ccc2n3-c2nc(-c3ccccc3)nc(-c3ccccc3)n2)cc1. The van der Waals surface area contributed by atoms with E-state index in [1.165, 1.54) is 0 Å². The molecule has 5 nitrogen and oxygen atoms in total. The fraction of sp³-hybridized carbons (Fsp3) is 0.0377. The summed E-state index contributed by atoms with van der Waals surface area (Å²) in [4.78, 5) is 15.5. The predicted molar refractivity (Wildman–Crippen MR) is 240 cm³/mol. The highest BCUT2D eigenvalue weighted by Crippen LogP contribution is 2.43. The molecule has 11 aromatic rings. The molecule has 0 unspecified atom stereocenters. The second-order valence-electron chi connectivity index (χ2n) is 14.0. The number of hydrogen-bond donors (Lipinski definition) is 0. The maximum atomic E-state index is 6.19. The molecule has 0 bridgehead atoms. The predicted octanol–water partition coefficient (Wildman–Crippen LogP) is 14.2. The lowest BCUT2D eigenvalue weighted by Gasteiger charge is -2.14. The van der Waals surface area contributed by atoms with E-state index in [2.05, 4.69) is 126 Å². The van der Waals surface area contributed by atoms with Gasteiger partial charge in [0.1, 0.15) is 11.2 Å². The van der Waals surface area contributed by atoms with Crippen LogP contribution in [0.25, 0.3) is 106 Å². The third kappa shape index (κ3) is 6.10. The number of para-hydroxylation sites is 1. The molecule has 0 spiro atoms. The van der Waals surface area contributed by atoms with Crippen molar-refractivity contribution in [3.63, 3.8) is 0 Å². The lowest BCUT2D eigenvalue weighted by atomic mass is 9.95. The van der Waals surface area contributed by atoms with Crippen molar-refractivity contribution in [1.82, 2.24) is 19.5 Å². The highest BCUT2D eigenvalue weighted by molar-refractivity contribution is 6.16. The monoisotopic (exact) mass is 746 g/mol. The number of benzene rings is 8. The van der Waals surface area contributed by atoms with E-state index >= 15 is 0 Å². The highest BCUT2D eigenvalue weighted by atomic mass is 16.3. The Morgan fingerprint density at radius 2 is 0.862 bits per heavy atom. The molecule has 276 valence electrons. The zero-order valence-electron chi connectivity index (χ0n) is 32.2. The molecule has 0 saturated heterocycles. The Morgan fingerprint density at radius 3 is 1.50 bits per heavy atom. The van der Waals surface area contributed by atoms with Gasteiger partial charge in [0.15, 0.2) is 11.6 Å². The second-order valence-corrected chi connectivity index (χ2v) is 14.0. The number of hydrogen-bond acceptors (Lipinski definition) is 4. The molecule has 3 aromatic heterocycles. The van der Waals surface area contributed by atoms with Gasteiger partial charge >= 0.3 is 0 Å². The molecular formula is C53H38N4O. The molecule has 0 fully saturated rings. The van der Waals surface area contributed by atoms with Crippen molar-refractivity contribution in [2.45, 2.75) is 13.8 Å². The van der Waals surface area contributed by atoms with Crippen LogP contribution in [0, 0.1) is 0 Å². The summed E-state index contributed by atoms with van der Waals surface area (Å²) < 4.78 is 8.43. The molecule has 0 radical (unpaired) electrons. The fourth-order valence-electron chi connectivity index (χ4n) is 7.97. The van der Waals surface area contributed by atoms with Crippen LogP contribution in [0.2, 0.25) is 0 Å². The first-order valence-corrected chi connectivity index (χ1v) is 19.8. The topological polar surface area (TPSA) is 56.7 Å². The molecule has 5 heteroatoms. The van der Waals surface area contributed by atoms with Crippen molar-refractivity contribution >= 4 is 43.7 Å². The molecule has 58 heavy (non-hydrogen) atoms. The smallest absolute Gasteiger partial charge is 0.238 e. The van der Waals surface area contributed by atoms with Crippen molar-refractivity contribution in [3.05, 3.63) is 194 Å². The highest BCUT2D eigenvalue weighted by Gasteiger charge is 2.22. The second kappa shape index (κ2) is 14.8. The largest absolute Gasteiger partial charge is 0.456 e. The molecule has 0 saturated carbocycles. The normalized spacial score (nSPS) is 11.3.